The summed E-state index contributed by atoms with van der Waals surface area (Å²) in [6.45, 7) is 8.04. The van der Waals surface area contributed by atoms with E-state index in [1.807, 2.05) is 45.9 Å². The maximum atomic E-state index is 12.9. The molecule has 5 heteroatoms. The summed E-state index contributed by atoms with van der Waals surface area (Å²) in [6, 6.07) is 13.1. The van der Waals surface area contributed by atoms with Gasteiger partial charge in [-0.3, -0.25) is 4.79 Å². The summed E-state index contributed by atoms with van der Waals surface area (Å²) < 4.78 is 12.0. The first-order chi connectivity index (χ1) is 12.8. The summed E-state index contributed by atoms with van der Waals surface area (Å²) in [6.07, 6.45) is 0.678. The first kappa shape index (κ1) is 19.6. The van der Waals surface area contributed by atoms with Gasteiger partial charge in [-0.15, -0.1) is 0 Å². The van der Waals surface area contributed by atoms with Crippen LogP contribution in [0.5, 0.6) is 11.5 Å². The third-order valence-electron chi connectivity index (χ3n) is 4.68. The largest absolute Gasteiger partial charge is 0.487 e. The number of ether oxygens (including phenoxy) is 2. The number of carbonyl (C=O) groups excluding carboxylic acids is 1. The number of nitrogens with one attached hydrogen (secondary N) is 1. The lowest BCUT2D eigenvalue weighted by atomic mass is 9.88. The van der Waals surface area contributed by atoms with Crippen molar-refractivity contribution in [1.29, 1.82) is 0 Å². The van der Waals surface area contributed by atoms with Gasteiger partial charge in [-0.25, -0.2) is 0 Å². The predicted octanol–water partition coefficient (Wildman–Crippen LogP) is 5.22. The number of hydrogen-bond donors (Lipinski definition) is 1. The van der Waals surface area contributed by atoms with Gasteiger partial charge >= 0.3 is 0 Å². The standard InChI is InChI=1S/C22H26ClNO3/c1-5-19(26-16-8-6-7-15(23)12-16)21(25)24-18-13-22(3,4)27-20-10-9-14(2)11-17(18)20/h6-12,18-19H,5,13H2,1-4H3,(H,24,25)/t18-,19+/m0/s1. The Bertz CT molecular complexity index is 834. The van der Waals surface area contributed by atoms with Crippen LogP contribution in [0, 0.1) is 6.92 Å². The Balaban J connectivity index is 1.78. The summed E-state index contributed by atoms with van der Waals surface area (Å²) in [7, 11) is 0. The van der Waals surface area contributed by atoms with Crippen molar-refractivity contribution in [3.63, 3.8) is 0 Å². The van der Waals surface area contributed by atoms with Gasteiger partial charge < -0.3 is 14.8 Å². The van der Waals surface area contributed by atoms with E-state index in [1.54, 1.807) is 18.2 Å². The molecule has 1 aliphatic rings. The predicted molar refractivity (Wildman–Crippen MR) is 108 cm³/mol. The second kappa shape index (κ2) is 7.81. The lowest BCUT2D eigenvalue weighted by Crippen LogP contribution is -2.45. The van der Waals surface area contributed by atoms with E-state index < -0.39 is 6.10 Å². The molecule has 0 aromatic heterocycles. The van der Waals surface area contributed by atoms with Crippen LogP contribution >= 0.6 is 11.6 Å². The van der Waals surface area contributed by atoms with Crippen molar-refractivity contribution in [2.75, 3.05) is 0 Å². The van der Waals surface area contributed by atoms with Crippen molar-refractivity contribution in [2.45, 2.75) is 58.3 Å². The quantitative estimate of drug-likeness (QED) is 0.764. The molecule has 0 fully saturated rings. The molecule has 2 aromatic rings. The Kier molecular flexibility index (Phi) is 5.66. The number of hydrogen-bond acceptors (Lipinski definition) is 3. The maximum absolute atomic E-state index is 12.9. The number of aryl methyl sites for hydroxylation is 1. The minimum Gasteiger partial charge on any atom is -0.487 e. The van der Waals surface area contributed by atoms with Gasteiger partial charge in [0.15, 0.2) is 6.10 Å². The van der Waals surface area contributed by atoms with E-state index in [1.165, 1.54) is 0 Å². The Labute approximate surface area is 165 Å². The zero-order valence-electron chi connectivity index (χ0n) is 16.2. The second-order valence-electron chi connectivity index (χ2n) is 7.64. The van der Waals surface area contributed by atoms with Crippen molar-refractivity contribution < 1.29 is 14.3 Å². The molecule has 1 amide bonds. The maximum Gasteiger partial charge on any atom is 0.261 e. The fourth-order valence-corrected chi connectivity index (χ4v) is 3.57. The molecular weight excluding hydrogens is 362 g/mol. The molecule has 144 valence electrons. The molecule has 0 bridgehead atoms. The van der Waals surface area contributed by atoms with E-state index >= 15 is 0 Å². The Morgan fingerprint density at radius 2 is 2.11 bits per heavy atom. The molecule has 1 aliphatic heterocycles. The third kappa shape index (κ3) is 4.75. The average Bonchev–Trinajstić information content (AvgIpc) is 2.59. The zero-order valence-corrected chi connectivity index (χ0v) is 17.0. The molecule has 0 unspecified atom stereocenters. The Morgan fingerprint density at radius 1 is 1.33 bits per heavy atom. The number of halogens is 1. The zero-order chi connectivity index (χ0) is 19.6. The summed E-state index contributed by atoms with van der Waals surface area (Å²) in [5.41, 5.74) is 1.80. The number of carbonyl (C=O) groups is 1. The van der Waals surface area contributed by atoms with Crippen molar-refractivity contribution in [3.8, 4) is 11.5 Å². The third-order valence-corrected chi connectivity index (χ3v) is 4.91. The highest BCUT2D eigenvalue weighted by atomic mass is 35.5. The fourth-order valence-electron chi connectivity index (χ4n) is 3.39. The highest BCUT2D eigenvalue weighted by Crippen LogP contribution is 2.40. The van der Waals surface area contributed by atoms with Crippen molar-refractivity contribution in [1.82, 2.24) is 5.32 Å². The highest BCUT2D eigenvalue weighted by Gasteiger charge is 2.35. The molecule has 0 saturated carbocycles. The molecule has 2 aromatic carbocycles. The molecule has 0 radical (unpaired) electrons. The first-order valence-electron chi connectivity index (χ1n) is 9.29. The molecule has 2 atom stereocenters. The lowest BCUT2D eigenvalue weighted by Gasteiger charge is -2.38. The number of rotatable bonds is 5. The lowest BCUT2D eigenvalue weighted by molar-refractivity contribution is -0.129. The van der Waals surface area contributed by atoms with Crippen molar-refractivity contribution >= 4 is 17.5 Å². The highest BCUT2D eigenvalue weighted by molar-refractivity contribution is 6.30. The average molecular weight is 388 g/mol. The first-order valence-corrected chi connectivity index (χ1v) is 9.67. The van der Waals surface area contributed by atoms with Crippen LogP contribution < -0.4 is 14.8 Å². The monoisotopic (exact) mass is 387 g/mol. The van der Waals surface area contributed by atoms with Crippen LogP contribution in [-0.4, -0.2) is 17.6 Å². The normalized spacial score (nSPS) is 18.8. The van der Waals surface area contributed by atoms with E-state index in [4.69, 9.17) is 21.1 Å². The fraction of sp³-hybridized carbons (Fsp3) is 0.409. The molecule has 1 N–H and O–H groups in total. The van der Waals surface area contributed by atoms with Gasteiger partial charge in [0.1, 0.15) is 17.1 Å². The SMILES string of the molecule is CC[C@@H](Oc1cccc(Cl)c1)C(=O)N[C@H]1CC(C)(C)Oc2ccc(C)cc21. The van der Waals surface area contributed by atoms with E-state index in [-0.39, 0.29) is 17.6 Å². The summed E-state index contributed by atoms with van der Waals surface area (Å²) in [5.74, 6) is 1.28. The van der Waals surface area contributed by atoms with E-state index in [9.17, 15) is 4.79 Å². The van der Waals surface area contributed by atoms with Crippen LogP contribution in [0.2, 0.25) is 5.02 Å². The van der Waals surface area contributed by atoms with Crippen molar-refractivity contribution in [2.24, 2.45) is 0 Å². The minimum atomic E-state index is -0.581. The van der Waals surface area contributed by atoms with Gasteiger partial charge in [0.05, 0.1) is 6.04 Å². The topological polar surface area (TPSA) is 47.6 Å². The molecule has 4 nitrogen and oxygen atoms in total. The van der Waals surface area contributed by atoms with Crippen LogP contribution in [-0.2, 0) is 4.79 Å². The minimum absolute atomic E-state index is 0.117. The summed E-state index contributed by atoms with van der Waals surface area (Å²) in [5, 5.41) is 3.75. The van der Waals surface area contributed by atoms with E-state index in [0.29, 0.717) is 23.6 Å². The Hall–Kier alpha value is -2.20. The number of fused-ring (bicyclic) bond motifs is 1. The van der Waals surface area contributed by atoms with E-state index in [2.05, 4.69) is 11.4 Å². The van der Waals surface area contributed by atoms with Gasteiger partial charge in [0.25, 0.3) is 5.91 Å². The number of benzene rings is 2. The van der Waals surface area contributed by atoms with Crippen LogP contribution in [0.25, 0.3) is 0 Å². The van der Waals surface area contributed by atoms with Gasteiger partial charge in [-0.2, -0.15) is 0 Å². The summed E-state index contributed by atoms with van der Waals surface area (Å²) >= 11 is 6.01. The van der Waals surface area contributed by atoms with Crippen LogP contribution in [0.3, 0.4) is 0 Å². The molecule has 0 spiro atoms. The second-order valence-corrected chi connectivity index (χ2v) is 8.08. The summed E-state index contributed by atoms with van der Waals surface area (Å²) in [4.78, 5) is 12.9. The molecule has 1 heterocycles. The molecule has 0 saturated heterocycles. The smallest absolute Gasteiger partial charge is 0.261 e. The van der Waals surface area contributed by atoms with Gasteiger partial charge in [-0.05, 0) is 51.5 Å². The molecule has 0 aliphatic carbocycles. The van der Waals surface area contributed by atoms with E-state index in [0.717, 1.165) is 16.9 Å². The number of amides is 1. The van der Waals surface area contributed by atoms with Gasteiger partial charge in [0.2, 0.25) is 0 Å². The molecule has 3 rings (SSSR count). The molecular formula is C22H26ClNO3. The Morgan fingerprint density at radius 3 is 2.81 bits per heavy atom. The van der Waals surface area contributed by atoms with Crippen LogP contribution in [0.4, 0.5) is 0 Å². The van der Waals surface area contributed by atoms with Crippen molar-refractivity contribution in [3.05, 3.63) is 58.6 Å². The van der Waals surface area contributed by atoms with Crippen LogP contribution in [0.1, 0.15) is 50.8 Å². The van der Waals surface area contributed by atoms with Crippen LogP contribution in [0.15, 0.2) is 42.5 Å². The van der Waals surface area contributed by atoms with Gasteiger partial charge in [0, 0.05) is 17.0 Å². The molecule has 27 heavy (non-hydrogen) atoms. The van der Waals surface area contributed by atoms with Gasteiger partial charge in [-0.1, -0.05) is 42.3 Å².